The van der Waals surface area contributed by atoms with Gasteiger partial charge in [0.15, 0.2) is 0 Å². The molecule has 0 radical (unpaired) electrons. The van der Waals surface area contributed by atoms with E-state index in [0.717, 1.165) is 40.8 Å². The van der Waals surface area contributed by atoms with Crippen LogP contribution < -0.4 is 4.90 Å². The molecule has 154 valence electrons. The summed E-state index contributed by atoms with van der Waals surface area (Å²) in [5, 5.41) is 2.64. The van der Waals surface area contributed by atoms with Crippen LogP contribution in [-0.2, 0) is 10.0 Å². The van der Waals surface area contributed by atoms with Gasteiger partial charge in [-0.1, -0.05) is 54.1 Å². The van der Waals surface area contributed by atoms with Gasteiger partial charge in [0.05, 0.1) is 4.90 Å². The molecule has 1 aliphatic heterocycles. The smallest absolute Gasteiger partial charge is 0.243 e. The number of nitrogens with zero attached hydrogens (tertiary/aromatic N) is 2. The highest BCUT2D eigenvalue weighted by Crippen LogP contribution is 2.37. The molecule has 0 amide bonds. The third kappa shape index (κ3) is 3.83. The van der Waals surface area contributed by atoms with Gasteiger partial charge in [0.2, 0.25) is 10.0 Å². The van der Waals surface area contributed by atoms with Crippen LogP contribution in [0.5, 0.6) is 0 Å². The molecule has 1 heterocycles. The summed E-state index contributed by atoms with van der Waals surface area (Å²) >= 11 is 6.42. The van der Waals surface area contributed by atoms with Crippen molar-refractivity contribution in [2.24, 2.45) is 11.8 Å². The van der Waals surface area contributed by atoms with Crippen LogP contribution in [0.15, 0.2) is 64.6 Å². The number of anilines is 1. The molecule has 1 fully saturated rings. The quantitative estimate of drug-likeness (QED) is 0.640. The number of benzene rings is 2. The topological polar surface area (TPSA) is 40.6 Å². The van der Waals surface area contributed by atoms with Gasteiger partial charge in [0.1, 0.15) is 0 Å². The Kier molecular flexibility index (Phi) is 5.74. The maximum absolute atomic E-state index is 13.5. The zero-order chi connectivity index (χ0) is 20.6. The molecule has 4 nitrogen and oxygen atoms in total. The third-order valence-corrected chi connectivity index (χ3v) is 8.44. The number of sulfonamides is 1. The van der Waals surface area contributed by atoms with Crippen molar-refractivity contribution in [3.05, 3.63) is 59.7 Å². The van der Waals surface area contributed by atoms with E-state index in [1.807, 2.05) is 49.3 Å². The number of fused-ring (bicyclic) bond motifs is 1. The Morgan fingerprint density at radius 2 is 1.72 bits per heavy atom. The first-order chi connectivity index (χ1) is 13.9. The van der Waals surface area contributed by atoms with E-state index in [-0.39, 0.29) is 5.92 Å². The van der Waals surface area contributed by atoms with E-state index in [1.54, 1.807) is 10.4 Å². The standard InChI is InChI=1S/C23H27ClN2O2S/c1-25(2)22-11-5-9-20-19(22)8-6-12-23(20)29(27,28)26-15-13-17(14-16-26)18-7-3-4-10-21(18)24/h3,5-12,17-18H,4,13-16H2,1-2H3. The van der Waals surface area contributed by atoms with Crippen LogP contribution in [0.3, 0.4) is 0 Å². The lowest BCUT2D eigenvalue weighted by atomic mass is 9.82. The minimum atomic E-state index is -3.55. The average molecular weight is 431 g/mol. The average Bonchev–Trinajstić information content (AvgIpc) is 2.73. The fourth-order valence-corrected chi connectivity index (χ4v) is 6.53. The van der Waals surface area contributed by atoms with Gasteiger partial charge >= 0.3 is 0 Å². The Labute approximate surface area is 178 Å². The Bertz CT molecular complexity index is 1070. The molecule has 1 aliphatic carbocycles. The second kappa shape index (κ2) is 8.13. The number of halogens is 1. The van der Waals surface area contributed by atoms with Gasteiger partial charge < -0.3 is 4.90 Å². The molecule has 1 atom stereocenters. The van der Waals surface area contributed by atoms with E-state index in [0.29, 0.717) is 23.9 Å². The predicted octanol–water partition coefficient (Wildman–Crippen LogP) is 5.01. The molecule has 6 heteroatoms. The van der Waals surface area contributed by atoms with E-state index in [2.05, 4.69) is 18.2 Å². The van der Waals surface area contributed by atoms with E-state index >= 15 is 0 Å². The Balaban J connectivity index is 1.60. The SMILES string of the molecule is CN(C)c1cccc2c(S(=O)(=O)N3CCC(C4C=CCC=C4Cl)CC3)cccc12. The lowest BCUT2D eigenvalue weighted by Gasteiger charge is -2.35. The normalized spacial score (nSPS) is 21.3. The van der Waals surface area contributed by atoms with Gasteiger partial charge in [-0.05, 0) is 37.3 Å². The lowest BCUT2D eigenvalue weighted by molar-refractivity contribution is 0.248. The molecule has 0 saturated carbocycles. The number of piperidine rings is 1. The van der Waals surface area contributed by atoms with E-state index in [9.17, 15) is 8.42 Å². The van der Waals surface area contributed by atoms with Gasteiger partial charge in [-0.2, -0.15) is 4.31 Å². The van der Waals surface area contributed by atoms with Crippen LogP contribution >= 0.6 is 11.6 Å². The summed E-state index contributed by atoms with van der Waals surface area (Å²) < 4.78 is 28.6. The van der Waals surface area contributed by atoms with Crippen LogP contribution in [0.25, 0.3) is 10.8 Å². The predicted molar refractivity (Wildman–Crippen MR) is 121 cm³/mol. The van der Waals surface area contributed by atoms with Crippen molar-refractivity contribution in [3.63, 3.8) is 0 Å². The Hall–Kier alpha value is -1.82. The Morgan fingerprint density at radius 1 is 1.03 bits per heavy atom. The van der Waals surface area contributed by atoms with Gasteiger partial charge in [-0.15, -0.1) is 0 Å². The second-order valence-electron chi connectivity index (χ2n) is 8.04. The van der Waals surface area contributed by atoms with Crippen LogP contribution in [0, 0.1) is 11.8 Å². The van der Waals surface area contributed by atoms with Crippen molar-refractivity contribution in [1.82, 2.24) is 4.31 Å². The van der Waals surface area contributed by atoms with Gasteiger partial charge in [0, 0.05) is 54.6 Å². The molecule has 1 saturated heterocycles. The number of hydrogen-bond acceptors (Lipinski definition) is 3. The molecule has 29 heavy (non-hydrogen) atoms. The molecular formula is C23H27ClN2O2S. The summed E-state index contributed by atoms with van der Waals surface area (Å²) in [5.74, 6) is 0.630. The molecule has 2 aromatic rings. The third-order valence-electron chi connectivity index (χ3n) is 6.08. The molecule has 2 aromatic carbocycles. The monoisotopic (exact) mass is 430 g/mol. The minimum absolute atomic E-state index is 0.232. The minimum Gasteiger partial charge on any atom is -0.377 e. The number of allylic oxidation sites excluding steroid dienone is 4. The molecule has 1 unspecified atom stereocenters. The largest absolute Gasteiger partial charge is 0.377 e. The highest BCUT2D eigenvalue weighted by molar-refractivity contribution is 7.89. The molecular weight excluding hydrogens is 404 g/mol. The van der Waals surface area contributed by atoms with Crippen molar-refractivity contribution in [2.45, 2.75) is 24.2 Å². The van der Waals surface area contributed by atoms with Crippen molar-refractivity contribution in [2.75, 3.05) is 32.1 Å². The fourth-order valence-electron chi connectivity index (χ4n) is 4.51. The highest BCUT2D eigenvalue weighted by Gasteiger charge is 2.34. The maximum atomic E-state index is 13.5. The van der Waals surface area contributed by atoms with Crippen LogP contribution in [0.2, 0.25) is 0 Å². The molecule has 0 N–H and O–H groups in total. The fraction of sp³-hybridized carbons (Fsp3) is 0.391. The maximum Gasteiger partial charge on any atom is 0.243 e. The highest BCUT2D eigenvalue weighted by atomic mass is 35.5. The van der Waals surface area contributed by atoms with E-state index < -0.39 is 10.0 Å². The van der Waals surface area contributed by atoms with Crippen molar-refractivity contribution in [3.8, 4) is 0 Å². The second-order valence-corrected chi connectivity index (χ2v) is 10.4. The lowest BCUT2D eigenvalue weighted by Crippen LogP contribution is -2.40. The first-order valence-corrected chi connectivity index (χ1v) is 11.9. The van der Waals surface area contributed by atoms with E-state index in [1.165, 1.54) is 0 Å². The van der Waals surface area contributed by atoms with Crippen LogP contribution in [0.4, 0.5) is 5.69 Å². The number of hydrogen-bond donors (Lipinski definition) is 0. The first-order valence-electron chi connectivity index (χ1n) is 10.1. The molecule has 4 rings (SSSR count). The zero-order valence-corrected chi connectivity index (χ0v) is 18.5. The van der Waals surface area contributed by atoms with Gasteiger partial charge in [-0.3, -0.25) is 0 Å². The zero-order valence-electron chi connectivity index (χ0n) is 16.9. The summed E-state index contributed by atoms with van der Waals surface area (Å²) in [5.41, 5.74) is 1.02. The summed E-state index contributed by atoms with van der Waals surface area (Å²) in [6.45, 7) is 1.07. The van der Waals surface area contributed by atoms with Crippen LogP contribution in [0.1, 0.15) is 19.3 Å². The molecule has 2 aliphatic rings. The van der Waals surface area contributed by atoms with Gasteiger partial charge in [0.25, 0.3) is 0 Å². The summed E-state index contributed by atoms with van der Waals surface area (Å²) in [4.78, 5) is 2.41. The first kappa shape index (κ1) is 20.5. The van der Waals surface area contributed by atoms with Gasteiger partial charge in [-0.25, -0.2) is 8.42 Å². The van der Waals surface area contributed by atoms with Crippen LogP contribution in [-0.4, -0.2) is 39.9 Å². The molecule has 0 spiro atoms. The summed E-state index contributed by atoms with van der Waals surface area (Å²) in [6.07, 6.45) is 8.94. The van der Waals surface area contributed by atoms with Crippen molar-refractivity contribution < 1.29 is 8.42 Å². The molecule has 0 aromatic heterocycles. The number of rotatable bonds is 4. The van der Waals surface area contributed by atoms with Crippen molar-refractivity contribution >= 4 is 38.1 Å². The molecule has 0 bridgehead atoms. The summed E-state index contributed by atoms with van der Waals surface area (Å²) in [7, 11) is 0.395. The van der Waals surface area contributed by atoms with Crippen molar-refractivity contribution in [1.29, 1.82) is 0 Å². The van der Waals surface area contributed by atoms with E-state index in [4.69, 9.17) is 11.6 Å². The summed E-state index contributed by atoms with van der Waals surface area (Å²) in [6, 6.07) is 11.4. The Morgan fingerprint density at radius 3 is 2.41 bits per heavy atom.